The highest BCUT2D eigenvalue weighted by Crippen LogP contribution is 2.31. The molecule has 0 aliphatic rings. The maximum Gasteiger partial charge on any atom is 0.0557 e. The summed E-state index contributed by atoms with van der Waals surface area (Å²) in [7, 11) is 0. The molecule has 1 atom stereocenters. The third-order valence-corrected chi connectivity index (χ3v) is 4.79. The lowest BCUT2D eigenvalue weighted by Crippen LogP contribution is -2.15. The summed E-state index contributed by atoms with van der Waals surface area (Å²) >= 11 is 9.73. The van der Waals surface area contributed by atoms with Crippen molar-refractivity contribution in [2.45, 2.75) is 26.8 Å². The first-order chi connectivity index (χ1) is 8.91. The minimum atomic E-state index is -0.148. The summed E-state index contributed by atoms with van der Waals surface area (Å²) in [4.78, 5) is 0. The standard InChI is InChI=1S/C16H17BrClN/c1-9-8-14(17)10(2)7-13(9)16(19)12-5-4-6-15(18)11(12)3/h4-8,16H,19H2,1-3H3. The molecule has 100 valence electrons. The summed E-state index contributed by atoms with van der Waals surface area (Å²) < 4.78 is 1.11. The molecule has 0 aromatic heterocycles. The Labute approximate surface area is 127 Å². The Balaban J connectivity index is 2.53. The maximum atomic E-state index is 6.43. The molecule has 1 unspecified atom stereocenters. The van der Waals surface area contributed by atoms with Gasteiger partial charge in [-0.15, -0.1) is 0 Å². The van der Waals surface area contributed by atoms with Crippen LogP contribution in [0.15, 0.2) is 34.8 Å². The molecule has 0 saturated heterocycles. The average molecular weight is 339 g/mol. The van der Waals surface area contributed by atoms with Crippen LogP contribution >= 0.6 is 27.5 Å². The first-order valence-corrected chi connectivity index (χ1v) is 7.36. The molecule has 0 fully saturated rings. The molecule has 0 bridgehead atoms. The van der Waals surface area contributed by atoms with E-state index in [0.29, 0.717) is 0 Å². The second-order valence-electron chi connectivity index (χ2n) is 4.89. The molecule has 2 rings (SSSR count). The molecule has 0 heterocycles. The lowest BCUT2D eigenvalue weighted by Gasteiger charge is -2.19. The summed E-state index contributed by atoms with van der Waals surface area (Å²) in [5.41, 5.74) is 12.1. The summed E-state index contributed by atoms with van der Waals surface area (Å²) in [6, 6.07) is 10.0. The van der Waals surface area contributed by atoms with Gasteiger partial charge in [-0.25, -0.2) is 0 Å². The Bertz CT molecular complexity index is 622. The van der Waals surface area contributed by atoms with Crippen molar-refractivity contribution in [2.24, 2.45) is 5.73 Å². The van der Waals surface area contributed by atoms with Gasteiger partial charge in [0.2, 0.25) is 0 Å². The van der Waals surface area contributed by atoms with E-state index in [1.807, 2.05) is 25.1 Å². The number of rotatable bonds is 2. The normalized spacial score (nSPS) is 12.5. The van der Waals surface area contributed by atoms with E-state index in [1.54, 1.807) is 0 Å². The molecule has 2 N–H and O–H groups in total. The van der Waals surface area contributed by atoms with Crippen molar-refractivity contribution in [3.63, 3.8) is 0 Å². The molecule has 2 aromatic rings. The van der Waals surface area contributed by atoms with Gasteiger partial charge in [0.25, 0.3) is 0 Å². The van der Waals surface area contributed by atoms with Gasteiger partial charge in [-0.05, 0) is 60.7 Å². The van der Waals surface area contributed by atoms with Gasteiger partial charge < -0.3 is 5.73 Å². The molecule has 3 heteroatoms. The van der Waals surface area contributed by atoms with Crippen LogP contribution in [0.4, 0.5) is 0 Å². The lowest BCUT2D eigenvalue weighted by atomic mass is 9.92. The van der Waals surface area contributed by atoms with E-state index in [2.05, 4.69) is 41.9 Å². The molecule has 0 aliphatic carbocycles. The summed E-state index contributed by atoms with van der Waals surface area (Å²) in [5.74, 6) is 0. The zero-order valence-electron chi connectivity index (χ0n) is 11.3. The minimum absolute atomic E-state index is 0.148. The topological polar surface area (TPSA) is 26.0 Å². The van der Waals surface area contributed by atoms with Crippen molar-refractivity contribution in [3.05, 3.63) is 67.6 Å². The highest BCUT2D eigenvalue weighted by Gasteiger charge is 2.16. The van der Waals surface area contributed by atoms with Crippen LogP contribution in [0.2, 0.25) is 5.02 Å². The van der Waals surface area contributed by atoms with Crippen LogP contribution < -0.4 is 5.73 Å². The zero-order valence-corrected chi connectivity index (χ0v) is 13.6. The second kappa shape index (κ2) is 5.66. The molecule has 19 heavy (non-hydrogen) atoms. The van der Waals surface area contributed by atoms with Crippen LogP contribution in [0.5, 0.6) is 0 Å². The number of nitrogens with two attached hydrogens (primary N) is 1. The molecule has 0 radical (unpaired) electrons. The summed E-state index contributed by atoms with van der Waals surface area (Å²) in [6.45, 7) is 6.17. The van der Waals surface area contributed by atoms with Crippen LogP contribution in [0.1, 0.15) is 33.9 Å². The maximum absolute atomic E-state index is 6.43. The molecular formula is C16H17BrClN. The van der Waals surface area contributed by atoms with E-state index in [-0.39, 0.29) is 6.04 Å². The number of hydrogen-bond donors (Lipinski definition) is 1. The molecule has 0 amide bonds. The molecule has 0 aliphatic heterocycles. The molecule has 0 saturated carbocycles. The average Bonchev–Trinajstić information content (AvgIpc) is 2.36. The predicted molar refractivity (Wildman–Crippen MR) is 85.8 cm³/mol. The monoisotopic (exact) mass is 337 g/mol. The van der Waals surface area contributed by atoms with Gasteiger partial charge in [0.05, 0.1) is 6.04 Å². The van der Waals surface area contributed by atoms with E-state index in [9.17, 15) is 0 Å². The van der Waals surface area contributed by atoms with Gasteiger partial charge in [0.15, 0.2) is 0 Å². The molecular weight excluding hydrogens is 322 g/mol. The van der Waals surface area contributed by atoms with E-state index in [0.717, 1.165) is 26.2 Å². The van der Waals surface area contributed by atoms with Gasteiger partial charge in [0, 0.05) is 9.50 Å². The van der Waals surface area contributed by atoms with Gasteiger partial charge in [0.1, 0.15) is 0 Å². The number of hydrogen-bond acceptors (Lipinski definition) is 1. The van der Waals surface area contributed by atoms with E-state index in [1.165, 1.54) is 11.1 Å². The fourth-order valence-corrected chi connectivity index (χ4v) is 2.91. The van der Waals surface area contributed by atoms with Crippen molar-refractivity contribution < 1.29 is 0 Å². The third-order valence-electron chi connectivity index (χ3n) is 3.53. The van der Waals surface area contributed by atoms with E-state index < -0.39 is 0 Å². The number of benzene rings is 2. The molecule has 2 aromatic carbocycles. The molecule has 0 spiro atoms. The fourth-order valence-electron chi connectivity index (χ4n) is 2.27. The van der Waals surface area contributed by atoms with Gasteiger partial charge in [-0.1, -0.05) is 45.7 Å². The second-order valence-corrected chi connectivity index (χ2v) is 6.15. The smallest absolute Gasteiger partial charge is 0.0557 e. The Morgan fingerprint density at radius 1 is 1.05 bits per heavy atom. The van der Waals surface area contributed by atoms with Crippen LogP contribution in [0, 0.1) is 20.8 Å². The lowest BCUT2D eigenvalue weighted by molar-refractivity contribution is 0.850. The Hall–Kier alpha value is -0.830. The van der Waals surface area contributed by atoms with Crippen LogP contribution in [-0.4, -0.2) is 0 Å². The van der Waals surface area contributed by atoms with E-state index >= 15 is 0 Å². The Kier molecular flexibility index (Phi) is 4.34. The van der Waals surface area contributed by atoms with E-state index in [4.69, 9.17) is 17.3 Å². The largest absolute Gasteiger partial charge is 0.320 e. The van der Waals surface area contributed by atoms with Crippen LogP contribution in [0.3, 0.4) is 0 Å². The van der Waals surface area contributed by atoms with Crippen molar-refractivity contribution in [3.8, 4) is 0 Å². The predicted octanol–water partition coefficient (Wildman–Crippen LogP) is 5.08. The highest BCUT2D eigenvalue weighted by atomic mass is 79.9. The Morgan fingerprint density at radius 2 is 1.74 bits per heavy atom. The van der Waals surface area contributed by atoms with Crippen molar-refractivity contribution in [2.75, 3.05) is 0 Å². The number of halogens is 2. The Morgan fingerprint density at radius 3 is 2.42 bits per heavy atom. The molecule has 1 nitrogen and oxygen atoms in total. The summed E-state index contributed by atoms with van der Waals surface area (Å²) in [5, 5.41) is 0.763. The number of aryl methyl sites for hydroxylation is 2. The quantitative estimate of drug-likeness (QED) is 0.812. The van der Waals surface area contributed by atoms with Crippen molar-refractivity contribution in [1.29, 1.82) is 0 Å². The minimum Gasteiger partial charge on any atom is -0.320 e. The highest BCUT2D eigenvalue weighted by molar-refractivity contribution is 9.10. The van der Waals surface area contributed by atoms with Gasteiger partial charge >= 0.3 is 0 Å². The first kappa shape index (κ1) is 14.6. The fraction of sp³-hybridized carbons (Fsp3) is 0.250. The van der Waals surface area contributed by atoms with Crippen molar-refractivity contribution >= 4 is 27.5 Å². The SMILES string of the molecule is Cc1cc(C(N)c2cccc(Cl)c2C)c(C)cc1Br. The van der Waals surface area contributed by atoms with Crippen LogP contribution in [-0.2, 0) is 0 Å². The van der Waals surface area contributed by atoms with Gasteiger partial charge in [-0.3, -0.25) is 0 Å². The summed E-state index contributed by atoms with van der Waals surface area (Å²) in [6.07, 6.45) is 0. The third kappa shape index (κ3) is 2.86. The zero-order chi connectivity index (χ0) is 14.2. The van der Waals surface area contributed by atoms with Gasteiger partial charge in [-0.2, -0.15) is 0 Å². The first-order valence-electron chi connectivity index (χ1n) is 6.19. The van der Waals surface area contributed by atoms with Crippen molar-refractivity contribution in [1.82, 2.24) is 0 Å². The van der Waals surface area contributed by atoms with Crippen LogP contribution in [0.25, 0.3) is 0 Å².